The van der Waals surface area contributed by atoms with Crippen LogP contribution in [0.1, 0.15) is 52.7 Å². The van der Waals surface area contributed by atoms with E-state index in [1.807, 2.05) is 109 Å². The summed E-state index contributed by atoms with van der Waals surface area (Å²) in [5.41, 5.74) is 1.03. The van der Waals surface area contributed by atoms with Gasteiger partial charge in [0.25, 0.3) is 0 Å². The first kappa shape index (κ1) is 33.5. The minimum atomic E-state index is -3.09. The molecule has 10 nitrogen and oxygen atoms in total. The van der Waals surface area contributed by atoms with Crippen molar-refractivity contribution in [2.45, 2.75) is 84.1 Å². The standard InChI is InChI=1S/C33H47N3O7Si/c1-32(2,3)42-31(39)36-28(29(37)40-23-25-14-10-8-11-15-25)27(43-44(36,7)33(4,5)6)22-34-18-20-35(21-19-34)30(38)41-24-26-16-12-9-13-17-26/h8-17,27-28H,18-24H2,1-7H3/t27?,28-,44?/m0/s1. The topological polar surface area (TPSA) is 97.9 Å². The lowest BCUT2D eigenvalue weighted by Crippen LogP contribution is -2.61. The Morgan fingerprint density at radius 1 is 0.795 bits per heavy atom. The number of rotatable bonds is 7. The maximum atomic E-state index is 13.9. The Labute approximate surface area is 262 Å². The smallest absolute Gasteiger partial charge is 0.410 e. The quantitative estimate of drug-likeness (QED) is 0.224. The van der Waals surface area contributed by atoms with Crippen LogP contribution in [-0.2, 0) is 36.6 Å². The zero-order valence-corrected chi connectivity index (χ0v) is 28.1. The number of nitrogens with zero attached hydrogens (tertiary/aromatic N) is 3. The van der Waals surface area contributed by atoms with E-state index in [2.05, 4.69) is 4.90 Å². The Balaban J connectivity index is 1.49. The summed E-state index contributed by atoms with van der Waals surface area (Å²) in [7, 11) is -3.09. The fourth-order valence-electron chi connectivity index (χ4n) is 5.37. The van der Waals surface area contributed by atoms with Crippen molar-refractivity contribution in [3.05, 3.63) is 71.8 Å². The largest absolute Gasteiger partial charge is 0.459 e. The number of benzene rings is 2. The van der Waals surface area contributed by atoms with E-state index in [0.717, 1.165) is 11.1 Å². The molecule has 0 aliphatic carbocycles. The van der Waals surface area contributed by atoms with E-state index >= 15 is 0 Å². The molecule has 2 unspecified atom stereocenters. The molecule has 2 saturated heterocycles. The van der Waals surface area contributed by atoms with Crippen molar-refractivity contribution >= 4 is 26.6 Å². The Morgan fingerprint density at radius 2 is 1.32 bits per heavy atom. The summed E-state index contributed by atoms with van der Waals surface area (Å²) in [6, 6.07) is 18.1. The van der Waals surface area contributed by atoms with Crippen LogP contribution in [0.25, 0.3) is 0 Å². The van der Waals surface area contributed by atoms with Crippen LogP contribution in [0.15, 0.2) is 60.7 Å². The lowest BCUT2D eigenvalue weighted by Gasteiger charge is -2.42. The summed E-state index contributed by atoms with van der Waals surface area (Å²) in [6.07, 6.45) is -1.55. The number of hydrogen-bond acceptors (Lipinski definition) is 8. The summed E-state index contributed by atoms with van der Waals surface area (Å²) in [6.45, 7) is 16.3. The average Bonchev–Trinajstić information content (AvgIpc) is 3.28. The van der Waals surface area contributed by atoms with Crippen LogP contribution in [-0.4, -0.2) is 91.5 Å². The first-order valence-electron chi connectivity index (χ1n) is 15.3. The van der Waals surface area contributed by atoms with Gasteiger partial charge in [-0.1, -0.05) is 81.4 Å². The molecular formula is C33H47N3O7Si. The molecule has 0 spiro atoms. The first-order valence-corrected chi connectivity index (χ1v) is 17.6. The number of piperazine rings is 1. The lowest BCUT2D eigenvalue weighted by molar-refractivity contribution is -0.151. The number of amides is 2. The molecule has 3 atom stereocenters. The average molecular weight is 626 g/mol. The van der Waals surface area contributed by atoms with Crippen LogP contribution in [0, 0.1) is 0 Å². The molecule has 240 valence electrons. The Hall–Kier alpha value is -3.41. The third-order valence-corrected chi connectivity index (χ3v) is 13.1. The van der Waals surface area contributed by atoms with Gasteiger partial charge in [0.2, 0.25) is 0 Å². The van der Waals surface area contributed by atoms with Gasteiger partial charge >= 0.3 is 26.6 Å². The van der Waals surface area contributed by atoms with Crippen molar-refractivity contribution in [3.63, 3.8) is 0 Å². The summed E-state index contributed by atoms with van der Waals surface area (Å²) < 4.78 is 25.6. The second kappa shape index (κ2) is 13.7. The Morgan fingerprint density at radius 3 is 1.82 bits per heavy atom. The van der Waals surface area contributed by atoms with Crippen LogP contribution in [0.2, 0.25) is 11.6 Å². The highest BCUT2D eigenvalue weighted by Gasteiger charge is 2.64. The number of esters is 1. The van der Waals surface area contributed by atoms with Gasteiger partial charge in [-0.3, -0.25) is 9.47 Å². The van der Waals surface area contributed by atoms with E-state index in [4.69, 9.17) is 18.6 Å². The lowest BCUT2D eigenvalue weighted by atomic mass is 10.1. The molecule has 0 N–H and O–H groups in total. The molecule has 0 aromatic heterocycles. The molecule has 44 heavy (non-hydrogen) atoms. The van der Waals surface area contributed by atoms with Crippen LogP contribution >= 0.6 is 0 Å². The second-order valence-corrected chi connectivity index (χ2v) is 17.8. The van der Waals surface area contributed by atoms with Gasteiger partial charge in [0.05, 0.1) is 6.10 Å². The van der Waals surface area contributed by atoms with Crippen LogP contribution in [0.3, 0.4) is 0 Å². The molecule has 2 aliphatic heterocycles. The van der Waals surface area contributed by atoms with E-state index in [1.165, 1.54) is 0 Å². The minimum Gasteiger partial charge on any atom is -0.459 e. The summed E-state index contributed by atoms with van der Waals surface area (Å²) in [5.74, 6) is -0.520. The monoisotopic (exact) mass is 625 g/mol. The van der Waals surface area contributed by atoms with Crippen molar-refractivity contribution in [3.8, 4) is 0 Å². The SMILES string of the molecule is CC(C)(C)OC(=O)N1[C@H](C(=O)OCc2ccccc2)C(CN2CCN(C(=O)OCc3ccccc3)CC2)O[Si]1(C)C(C)(C)C. The van der Waals surface area contributed by atoms with Crippen molar-refractivity contribution in [1.82, 2.24) is 14.4 Å². The predicted octanol–water partition coefficient (Wildman–Crippen LogP) is 5.56. The summed E-state index contributed by atoms with van der Waals surface area (Å²) >= 11 is 0. The highest BCUT2D eigenvalue weighted by atomic mass is 28.4. The van der Waals surface area contributed by atoms with Crippen molar-refractivity contribution in [2.75, 3.05) is 32.7 Å². The first-order chi connectivity index (χ1) is 20.7. The van der Waals surface area contributed by atoms with E-state index in [9.17, 15) is 14.4 Å². The number of carbonyl (C=O) groups excluding carboxylic acids is 3. The van der Waals surface area contributed by atoms with Gasteiger partial charge in [0.15, 0.2) is 6.04 Å². The Bertz CT molecular complexity index is 1270. The molecular weight excluding hydrogens is 578 g/mol. The second-order valence-electron chi connectivity index (χ2n) is 13.6. The highest BCUT2D eigenvalue weighted by Crippen LogP contribution is 2.46. The molecule has 2 aromatic rings. The maximum Gasteiger partial charge on any atom is 0.410 e. The van der Waals surface area contributed by atoms with E-state index in [0.29, 0.717) is 32.7 Å². The molecule has 2 heterocycles. The van der Waals surface area contributed by atoms with Gasteiger partial charge < -0.3 is 23.5 Å². The number of carbonyl (C=O) groups is 3. The molecule has 0 saturated carbocycles. The maximum absolute atomic E-state index is 13.9. The fraction of sp³-hybridized carbons (Fsp3) is 0.545. The van der Waals surface area contributed by atoms with Gasteiger partial charge in [0.1, 0.15) is 18.8 Å². The van der Waals surface area contributed by atoms with E-state index < -0.39 is 43.3 Å². The van der Waals surface area contributed by atoms with Gasteiger partial charge in [-0.15, -0.1) is 0 Å². The third-order valence-electron chi connectivity index (χ3n) is 8.19. The number of ether oxygens (including phenoxy) is 3. The van der Waals surface area contributed by atoms with Gasteiger partial charge in [0, 0.05) is 32.7 Å². The normalized spacial score (nSPS) is 22.9. The third kappa shape index (κ3) is 8.19. The van der Waals surface area contributed by atoms with Crippen molar-refractivity contribution in [1.29, 1.82) is 0 Å². The summed E-state index contributed by atoms with van der Waals surface area (Å²) in [4.78, 5) is 44.3. The molecule has 2 aromatic carbocycles. The summed E-state index contributed by atoms with van der Waals surface area (Å²) in [5, 5.41) is -0.433. The molecule has 2 fully saturated rings. The molecule has 0 bridgehead atoms. The van der Waals surface area contributed by atoms with Crippen molar-refractivity contribution < 1.29 is 33.0 Å². The fourth-order valence-corrected chi connectivity index (χ4v) is 8.55. The molecule has 0 radical (unpaired) electrons. The van der Waals surface area contributed by atoms with Crippen LogP contribution in [0.4, 0.5) is 9.59 Å². The minimum absolute atomic E-state index is 0.0859. The molecule has 11 heteroatoms. The van der Waals surface area contributed by atoms with Crippen molar-refractivity contribution in [2.24, 2.45) is 0 Å². The Kier molecular flexibility index (Phi) is 10.4. The zero-order chi connectivity index (χ0) is 32.1. The van der Waals surface area contributed by atoms with E-state index in [-0.39, 0.29) is 19.3 Å². The van der Waals surface area contributed by atoms with Crippen LogP contribution < -0.4 is 0 Å². The zero-order valence-electron chi connectivity index (χ0n) is 27.1. The predicted molar refractivity (Wildman–Crippen MR) is 169 cm³/mol. The molecule has 2 aliphatic rings. The highest BCUT2D eigenvalue weighted by molar-refractivity contribution is 6.75. The van der Waals surface area contributed by atoms with E-state index in [1.54, 1.807) is 9.47 Å². The van der Waals surface area contributed by atoms with Gasteiger partial charge in [-0.2, -0.15) is 0 Å². The van der Waals surface area contributed by atoms with Crippen LogP contribution in [0.5, 0.6) is 0 Å². The molecule has 2 amide bonds. The number of hydrogen-bond donors (Lipinski definition) is 0. The molecule has 4 rings (SSSR count). The van der Waals surface area contributed by atoms with Gasteiger partial charge in [-0.25, -0.2) is 14.4 Å². The van der Waals surface area contributed by atoms with Gasteiger partial charge in [-0.05, 0) is 43.5 Å².